The number of ether oxygens (including phenoxy) is 1. The van der Waals surface area contributed by atoms with Crippen LogP contribution in [0.15, 0.2) is 0 Å². The van der Waals surface area contributed by atoms with Crippen molar-refractivity contribution < 1.29 is 14.3 Å². The van der Waals surface area contributed by atoms with Crippen LogP contribution < -0.4 is 0 Å². The number of ketones is 1. The van der Waals surface area contributed by atoms with E-state index in [0.717, 1.165) is 25.7 Å². The summed E-state index contributed by atoms with van der Waals surface area (Å²) in [4.78, 5) is 24.5. The standard InChI is InChI=1S/C13H20O3/c1-3-16-12(15)13(8-4-5-9(13)2)11(14)10-6-7-10/h9-10H,3-8H2,1-2H3. The van der Waals surface area contributed by atoms with Gasteiger partial charge in [-0.1, -0.05) is 13.3 Å². The van der Waals surface area contributed by atoms with Crippen LogP contribution in [-0.2, 0) is 14.3 Å². The highest BCUT2D eigenvalue weighted by atomic mass is 16.5. The van der Waals surface area contributed by atoms with E-state index in [9.17, 15) is 9.59 Å². The average Bonchev–Trinajstić information content (AvgIpc) is 3.02. The van der Waals surface area contributed by atoms with Gasteiger partial charge >= 0.3 is 5.97 Å². The highest BCUT2D eigenvalue weighted by Gasteiger charge is 2.57. The molecule has 3 nitrogen and oxygen atoms in total. The van der Waals surface area contributed by atoms with E-state index in [1.165, 1.54) is 0 Å². The molecule has 2 saturated carbocycles. The molecule has 0 heterocycles. The first-order chi connectivity index (χ1) is 7.63. The minimum atomic E-state index is -0.794. The van der Waals surface area contributed by atoms with Crippen molar-refractivity contribution in [3.8, 4) is 0 Å². The Morgan fingerprint density at radius 3 is 2.44 bits per heavy atom. The molecule has 0 N–H and O–H groups in total. The first-order valence-electron chi connectivity index (χ1n) is 6.34. The third-order valence-corrected chi connectivity index (χ3v) is 4.08. The Bertz CT molecular complexity index is 306. The van der Waals surface area contributed by atoms with E-state index < -0.39 is 5.41 Å². The number of carbonyl (C=O) groups excluding carboxylic acids is 2. The van der Waals surface area contributed by atoms with Crippen LogP contribution in [0.3, 0.4) is 0 Å². The molecule has 2 unspecified atom stereocenters. The summed E-state index contributed by atoms with van der Waals surface area (Å²) in [5.41, 5.74) is -0.794. The molecule has 2 atom stereocenters. The fourth-order valence-corrected chi connectivity index (χ4v) is 2.92. The molecule has 0 aliphatic heterocycles. The Morgan fingerprint density at radius 2 is 2.00 bits per heavy atom. The quantitative estimate of drug-likeness (QED) is 0.543. The Kier molecular flexibility index (Phi) is 3.04. The largest absolute Gasteiger partial charge is 0.465 e. The molecular formula is C13H20O3. The zero-order valence-electron chi connectivity index (χ0n) is 10.1. The predicted octanol–water partition coefficient (Wildman–Crippen LogP) is 2.33. The molecule has 0 saturated heterocycles. The zero-order chi connectivity index (χ0) is 11.8. The molecule has 0 bridgehead atoms. The third-order valence-electron chi connectivity index (χ3n) is 4.08. The van der Waals surface area contributed by atoms with Crippen LogP contribution in [0.25, 0.3) is 0 Å². The summed E-state index contributed by atoms with van der Waals surface area (Å²) in [5.74, 6) is 0.192. The van der Waals surface area contributed by atoms with Crippen LogP contribution >= 0.6 is 0 Å². The maximum atomic E-state index is 12.4. The maximum Gasteiger partial charge on any atom is 0.319 e. The number of esters is 1. The SMILES string of the molecule is CCOC(=O)C1(C(=O)C2CC2)CCCC1C. The molecule has 2 aliphatic rings. The second-order valence-corrected chi connectivity index (χ2v) is 5.12. The highest BCUT2D eigenvalue weighted by molar-refractivity contribution is 6.06. The summed E-state index contributed by atoms with van der Waals surface area (Å²) in [6.45, 7) is 4.18. The van der Waals surface area contributed by atoms with Crippen LogP contribution in [0.2, 0.25) is 0 Å². The van der Waals surface area contributed by atoms with Crippen molar-refractivity contribution in [2.45, 2.75) is 46.0 Å². The Labute approximate surface area is 96.5 Å². The molecule has 2 aliphatic carbocycles. The predicted molar refractivity (Wildman–Crippen MR) is 59.8 cm³/mol. The van der Waals surface area contributed by atoms with Crippen LogP contribution in [-0.4, -0.2) is 18.4 Å². The molecule has 0 radical (unpaired) electrons. The lowest BCUT2D eigenvalue weighted by atomic mass is 9.73. The van der Waals surface area contributed by atoms with E-state index in [4.69, 9.17) is 4.74 Å². The average molecular weight is 224 g/mol. The van der Waals surface area contributed by atoms with Gasteiger partial charge in [0, 0.05) is 5.92 Å². The molecule has 0 aromatic heterocycles. The van der Waals surface area contributed by atoms with Crippen molar-refractivity contribution in [2.24, 2.45) is 17.3 Å². The Hall–Kier alpha value is -0.860. The summed E-state index contributed by atoms with van der Waals surface area (Å²) < 4.78 is 5.14. The number of rotatable bonds is 4. The summed E-state index contributed by atoms with van der Waals surface area (Å²) in [6.07, 6.45) is 4.57. The molecule has 90 valence electrons. The zero-order valence-corrected chi connectivity index (χ0v) is 10.1. The van der Waals surface area contributed by atoms with Gasteiger partial charge in [-0.05, 0) is 38.5 Å². The number of carbonyl (C=O) groups is 2. The Balaban J connectivity index is 2.24. The molecule has 2 fully saturated rings. The highest BCUT2D eigenvalue weighted by Crippen LogP contribution is 2.50. The van der Waals surface area contributed by atoms with Gasteiger partial charge < -0.3 is 4.74 Å². The minimum absolute atomic E-state index is 0.143. The van der Waals surface area contributed by atoms with Gasteiger partial charge in [0.2, 0.25) is 0 Å². The molecular weight excluding hydrogens is 204 g/mol. The monoisotopic (exact) mass is 224 g/mol. The van der Waals surface area contributed by atoms with Crippen molar-refractivity contribution >= 4 is 11.8 Å². The van der Waals surface area contributed by atoms with E-state index in [0.29, 0.717) is 13.0 Å². The lowest BCUT2D eigenvalue weighted by Crippen LogP contribution is -2.43. The van der Waals surface area contributed by atoms with Gasteiger partial charge in [0.05, 0.1) is 6.61 Å². The number of Topliss-reactive ketones (excluding diaryl/α,β-unsaturated/α-hetero) is 1. The van der Waals surface area contributed by atoms with Gasteiger partial charge in [0.25, 0.3) is 0 Å². The molecule has 0 aromatic carbocycles. The van der Waals surface area contributed by atoms with E-state index in [-0.39, 0.29) is 23.6 Å². The molecule has 0 amide bonds. The van der Waals surface area contributed by atoms with Gasteiger partial charge in [0.15, 0.2) is 5.78 Å². The minimum Gasteiger partial charge on any atom is -0.465 e. The van der Waals surface area contributed by atoms with Gasteiger partial charge in [0.1, 0.15) is 5.41 Å². The molecule has 0 aromatic rings. The molecule has 2 rings (SSSR count). The Morgan fingerprint density at radius 1 is 1.31 bits per heavy atom. The fourth-order valence-electron chi connectivity index (χ4n) is 2.92. The topological polar surface area (TPSA) is 43.4 Å². The van der Waals surface area contributed by atoms with Crippen LogP contribution in [0.5, 0.6) is 0 Å². The lowest BCUT2D eigenvalue weighted by Gasteiger charge is -2.29. The van der Waals surface area contributed by atoms with Crippen molar-refractivity contribution in [1.29, 1.82) is 0 Å². The van der Waals surface area contributed by atoms with Gasteiger partial charge in [-0.2, -0.15) is 0 Å². The maximum absolute atomic E-state index is 12.4. The number of hydrogen-bond donors (Lipinski definition) is 0. The normalized spacial score (nSPS) is 33.8. The molecule has 16 heavy (non-hydrogen) atoms. The van der Waals surface area contributed by atoms with Gasteiger partial charge in [-0.3, -0.25) is 9.59 Å². The fraction of sp³-hybridized carbons (Fsp3) is 0.846. The summed E-state index contributed by atoms with van der Waals surface area (Å²) in [7, 11) is 0. The van der Waals surface area contributed by atoms with Crippen LogP contribution in [0.1, 0.15) is 46.0 Å². The van der Waals surface area contributed by atoms with E-state index in [2.05, 4.69) is 0 Å². The molecule has 3 heteroatoms. The first kappa shape index (κ1) is 11.6. The van der Waals surface area contributed by atoms with Gasteiger partial charge in [-0.15, -0.1) is 0 Å². The second kappa shape index (κ2) is 4.19. The van der Waals surface area contributed by atoms with Crippen molar-refractivity contribution in [1.82, 2.24) is 0 Å². The first-order valence-corrected chi connectivity index (χ1v) is 6.34. The van der Waals surface area contributed by atoms with E-state index in [1.54, 1.807) is 6.92 Å². The number of hydrogen-bond acceptors (Lipinski definition) is 3. The van der Waals surface area contributed by atoms with Crippen LogP contribution in [0, 0.1) is 17.3 Å². The van der Waals surface area contributed by atoms with Crippen LogP contribution in [0.4, 0.5) is 0 Å². The van der Waals surface area contributed by atoms with Crippen molar-refractivity contribution in [2.75, 3.05) is 6.61 Å². The summed E-state index contributed by atoms with van der Waals surface area (Å²) in [5, 5.41) is 0. The van der Waals surface area contributed by atoms with E-state index in [1.807, 2.05) is 6.92 Å². The summed E-state index contributed by atoms with van der Waals surface area (Å²) >= 11 is 0. The van der Waals surface area contributed by atoms with Crippen molar-refractivity contribution in [3.05, 3.63) is 0 Å². The third kappa shape index (κ3) is 1.66. The molecule has 0 spiro atoms. The lowest BCUT2D eigenvalue weighted by molar-refractivity contribution is -0.163. The smallest absolute Gasteiger partial charge is 0.319 e. The van der Waals surface area contributed by atoms with Crippen molar-refractivity contribution in [3.63, 3.8) is 0 Å². The summed E-state index contributed by atoms with van der Waals surface area (Å²) in [6, 6.07) is 0. The van der Waals surface area contributed by atoms with Gasteiger partial charge in [-0.25, -0.2) is 0 Å². The second-order valence-electron chi connectivity index (χ2n) is 5.12. The van der Waals surface area contributed by atoms with E-state index >= 15 is 0 Å².